The van der Waals surface area contributed by atoms with Crippen molar-refractivity contribution in [2.24, 2.45) is 0 Å². The number of thioether (sulfide) groups is 2. The summed E-state index contributed by atoms with van der Waals surface area (Å²) in [4.78, 5) is 103. The van der Waals surface area contributed by atoms with E-state index in [9.17, 15) is 74.5 Å². The minimum absolute atomic E-state index is 0. The standard InChI is InChI=1S/2C28H28FN5O10S3.2Na/c2*29-19-12-17-20(13-21(19)32-8-6-30-7-9-32)33(14-18(24(17)36)27(38)39)10-11-43-28(45)46-26-23(25(37)34(26)47(40,41)42)31-22(35)15-44-16-4-2-1-3-5-16;;/h2*1-5,12-14,23,26,30H,6-11,15H2,(H,31,35)(H,38,39)(H,40,41,42);;/q;;2*+1/p-2/t2*23-,26?;;/m00../s1. The van der Waals surface area contributed by atoms with Gasteiger partial charge in [-0.25, -0.2) is 43.8 Å². The molecular weight excluding hydrogens is 1410 g/mol. The summed E-state index contributed by atoms with van der Waals surface area (Å²) in [7, 11) is -10.5. The molecule has 500 valence electrons. The van der Waals surface area contributed by atoms with Crippen molar-refractivity contribution in [1.29, 1.82) is 0 Å². The second-order valence-corrected chi connectivity index (χ2v) is 26.5. The van der Waals surface area contributed by atoms with Gasteiger partial charge in [0, 0.05) is 75.5 Å². The number of amides is 4. The quantitative estimate of drug-likeness (QED) is 0.0160. The van der Waals surface area contributed by atoms with Gasteiger partial charge in [0.05, 0.1) is 35.5 Å². The number of hydrogen-bond donors (Lipinski definition) is 6. The number of halogens is 2. The van der Waals surface area contributed by atoms with Crippen LogP contribution in [0.3, 0.4) is 0 Å². The normalized spacial score (nSPS) is 17.7. The number of carboxylic acid groups (broad SMARTS) is 2. The van der Waals surface area contributed by atoms with E-state index in [-0.39, 0.29) is 136 Å². The number of piperazine rings is 2. The second kappa shape index (κ2) is 33.8. The maximum absolute atomic E-state index is 15.1. The molecule has 2 aromatic heterocycles. The summed E-state index contributed by atoms with van der Waals surface area (Å²) in [5.41, 5.74) is -1.96. The van der Waals surface area contributed by atoms with Crippen molar-refractivity contribution in [3.05, 3.63) is 141 Å². The monoisotopic (exact) mass is 1460 g/mol. The Balaban J connectivity index is 0.000000265. The molecule has 4 saturated heterocycles. The molecule has 6 N–H and O–H groups in total. The van der Waals surface area contributed by atoms with E-state index in [4.69, 9.17) is 43.4 Å². The number of fused-ring (bicyclic) bond motifs is 2. The summed E-state index contributed by atoms with van der Waals surface area (Å²) in [5, 5.41) is 27.0. The SMILES string of the molecule is O=C(COc1ccccc1)N[C@H]1C(=O)N(S(=O)(=O)[O-])C1SC(=S)OCCn1cc(C(=O)O)c(=O)c2cc(F)c(N3CCNCC3)cc21.O=C(COc1ccccc1)N[C@H]1C(=O)N(S(=O)(=O)[O-])C1SC(=S)OCCn1cc(C(=O)O)c(=O)c2cc(F)c(N3CCNCC3)cc21.[Na+].[Na+]. The van der Waals surface area contributed by atoms with Gasteiger partial charge in [-0.15, -0.1) is 0 Å². The van der Waals surface area contributed by atoms with E-state index in [1.807, 2.05) is 0 Å². The van der Waals surface area contributed by atoms with E-state index < -0.39 is 126 Å². The maximum Gasteiger partial charge on any atom is 1.00 e. The average molecular weight is 1460 g/mol. The van der Waals surface area contributed by atoms with Crippen LogP contribution in [-0.2, 0) is 62.3 Å². The number of para-hydroxylation sites is 2. The number of rotatable bonds is 22. The van der Waals surface area contributed by atoms with Crippen LogP contribution in [0.4, 0.5) is 20.2 Å². The van der Waals surface area contributed by atoms with Crippen LogP contribution in [0, 0.1) is 11.6 Å². The minimum Gasteiger partial charge on any atom is -0.731 e. The molecule has 4 amide bonds. The summed E-state index contributed by atoms with van der Waals surface area (Å²) in [6.45, 7) is 2.86. The molecule has 0 aliphatic carbocycles. The number of carboxylic acids is 2. The fraction of sp³-hybridized carbons (Fsp3) is 0.321. The van der Waals surface area contributed by atoms with Crippen LogP contribution in [0.25, 0.3) is 21.8 Å². The molecule has 96 heavy (non-hydrogen) atoms. The second-order valence-electron chi connectivity index (χ2n) is 20.5. The summed E-state index contributed by atoms with van der Waals surface area (Å²) in [6, 6.07) is 18.7. The number of carbonyl (C=O) groups excluding carboxylic acids is 4. The number of nitrogens with zero attached hydrogens (tertiary/aromatic N) is 6. The molecule has 4 atom stereocenters. The van der Waals surface area contributed by atoms with E-state index >= 15 is 8.78 Å². The van der Waals surface area contributed by atoms with Gasteiger partial charge >= 0.3 is 71.1 Å². The summed E-state index contributed by atoms with van der Waals surface area (Å²) >= 11 is 11.5. The molecule has 2 unspecified atom stereocenters. The first-order valence-corrected chi connectivity index (χ1v) is 33.3. The smallest absolute Gasteiger partial charge is 0.731 e. The van der Waals surface area contributed by atoms with Crippen molar-refractivity contribution >= 4 is 146 Å². The van der Waals surface area contributed by atoms with Crippen LogP contribution in [0.1, 0.15) is 20.7 Å². The number of anilines is 2. The number of thiocarbonyl (C=S) groups is 2. The summed E-state index contributed by atoms with van der Waals surface area (Å²) in [5.74, 6) is -7.48. The molecule has 0 spiro atoms. The predicted molar refractivity (Wildman–Crippen MR) is 341 cm³/mol. The molecule has 4 aliphatic rings. The molecule has 0 saturated carbocycles. The molecule has 4 aromatic carbocycles. The van der Waals surface area contributed by atoms with Gasteiger partial charge in [-0.3, -0.25) is 28.8 Å². The number of β-lactam (4-membered cyclic amide) rings is 2. The first-order valence-electron chi connectivity index (χ1n) is 28.0. The third-order valence-corrected chi connectivity index (χ3v) is 19.5. The van der Waals surface area contributed by atoms with Gasteiger partial charge in [-0.1, -0.05) is 36.4 Å². The number of hydrogen-bond acceptors (Lipinski definition) is 26. The van der Waals surface area contributed by atoms with Crippen LogP contribution in [0.5, 0.6) is 11.5 Å². The number of nitrogens with one attached hydrogen (secondary N) is 4. The topological polar surface area (TPSA) is 399 Å². The Hall–Kier alpha value is -6.60. The Labute approximate surface area is 608 Å². The largest absolute Gasteiger partial charge is 1.00 e. The van der Waals surface area contributed by atoms with Crippen LogP contribution in [0.15, 0.2) is 107 Å². The van der Waals surface area contributed by atoms with Crippen molar-refractivity contribution in [1.82, 2.24) is 39.0 Å². The van der Waals surface area contributed by atoms with Gasteiger partial charge in [0.2, 0.25) is 19.6 Å². The van der Waals surface area contributed by atoms with Gasteiger partial charge in [-0.05, 0) is 96.5 Å². The van der Waals surface area contributed by atoms with E-state index in [1.54, 1.807) is 70.5 Å². The van der Waals surface area contributed by atoms with Gasteiger partial charge in [0.25, 0.3) is 23.6 Å². The summed E-state index contributed by atoms with van der Waals surface area (Å²) in [6.07, 6.45) is 2.21. The van der Waals surface area contributed by atoms with E-state index in [0.717, 1.165) is 24.5 Å². The zero-order valence-electron chi connectivity index (χ0n) is 50.6. The molecular formula is C56H54F2N10Na2O20S6. The molecule has 40 heteroatoms. The molecule has 0 bridgehead atoms. The third-order valence-electron chi connectivity index (χ3n) is 14.6. The van der Waals surface area contributed by atoms with E-state index in [0.29, 0.717) is 87.4 Å². The fourth-order valence-electron chi connectivity index (χ4n) is 10.1. The zero-order chi connectivity index (χ0) is 67.8. The predicted octanol–water partition coefficient (Wildman–Crippen LogP) is -5.04. The Kier molecular flexibility index (Phi) is 27.0. The van der Waals surface area contributed by atoms with Crippen LogP contribution >= 0.6 is 48.0 Å². The number of aromatic carboxylic acids is 2. The van der Waals surface area contributed by atoms with Crippen molar-refractivity contribution < 1.29 is 152 Å². The van der Waals surface area contributed by atoms with Gasteiger partial charge < -0.3 is 78.5 Å². The molecule has 4 fully saturated rings. The number of benzene rings is 4. The molecule has 6 aromatic rings. The van der Waals surface area contributed by atoms with Crippen molar-refractivity contribution in [2.45, 2.75) is 35.9 Å². The molecule has 0 radical (unpaired) electrons. The average Bonchev–Trinajstić information content (AvgIpc) is 0.753. The first kappa shape index (κ1) is 76.8. The summed E-state index contributed by atoms with van der Waals surface area (Å²) < 4.78 is 125. The van der Waals surface area contributed by atoms with Gasteiger partial charge in [0.15, 0.2) is 33.8 Å². The van der Waals surface area contributed by atoms with Crippen molar-refractivity contribution in [3.8, 4) is 11.5 Å². The zero-order valence-corrected chi connectivity index (χ0v) is 59.5. The maximum atomic E-state index is 15.1. The molecule has 10 rings (SSSR count). The van der Waals surface area contributed by atoms with Crippen LogP contribution in [0.2, 0.25) is 0 Å². The number of pyridine rings is 2. The molecule has 4 aliphatic heterocycles. The number of ether oxygens (including phenoxy) is 4. The number of aromatic nitrogens is 2. The van der Waals surface area contributed by atoms with E-state index in [2.05, 4.69) is 21.3 Å². The Bertz CT molecular complexity index is 4060. The number of carbonyl (C=O) groups is 6. The molecule has 6 heterocycles. The minimum atomic E-state index is -5.27. The fourth-order valence-corrected chi connectivity index (χ4v) is 14.9. The third kappa shape index (κ3) is 18.6. The van der Waals surface area contributed by atoms with Gasteiger partial charge in [0.1, 0.15) is 70.3 Å². The Morgan fingerprint density at radius 1 is 0.583 bits per heavy atom. The van der Waals surface area contributed by atoms with Crippen LogP contribution < -0.4 is 111 Å². The van der Waals surface area contributed by atoms with Crippen LogP contribution in [-0.4, -0.2) is 200 Å². The first-order chi connectivity index (χ1) is 44.7. The Morgan fingerprint density at radius 2 is 0.927 bits per heavy atom. The van der Waals surface area contributed by atoms with Crippen molar-refractivity contribution in [3.63, 3.8) is 0 Å². The molecule has 30 nitrogen and oxygen atoms in total. The van der Waals surface area contributed by atoms with Gasteiger partial charge in [-0.2, -0.15) is 0 Å². The van der Waals surface area contributed by atoms with Crippen molar-refractivity contribution in [2.75, 3.05) is 88.6 Å². The Morgan fingerprint density at radius 3 is 1.25 bits per heavy atom. The van der Waals surface area contributed by atoms with E-state index in [1.165, 1.54) is 21.3 Å².